The average molecular weight is 472 g/mol. The molecule has 0 spiro atoms. The quantitative estimate of drug-likeness (QED) is 0.350. The van der Waals surface area contributed by atoms with E-state index >= 15 is 0 Å². The number of rotatable bonds is 7. The molecular weight excluding hydrogens is 438 g/mol. The summed E-state index contributed by atoms with van der Waals surface area (Å²) in [6.45, 7) is 10.0. The Morgan fingerprint density at radius 1 is 1.32 bits per heavy atom. The Morgan fingerprint density at radius 3 is 2.71 bits per heavy atom. The van der Waals surface area contributed by atoms with Crippen molar-refractivity contribution in [3.05, 3.63) is 51.2 Å². The Bertz CT molecular complexity index is 1030. The first-order valence-corrected chi connectivity index (χ1v) is 11.7. The molecule has 0 saturated heterocycles. The van der Waals surface area contributed by atoms with Crippen LogP contribution in [0.3, 0.4) is 0 Å². The molecule has 3 atom stereocenters. The number of carbonyl (C=O) groups is 2. The molecule has 1 saturated carbocycles. The topological polar surface area (TPSA) is 120 Å². The van der Waals surface area contributed by atoms with E-state index in [-0.39, 0.29) is 35.1 Å². The lowest BCUT2D eigenvalue weighted by molar-refractivity contribution is -0.384. The van der Waals surface area contributed by atoms with E-state index in [9.17, 15) is 19.7 Å². The maximum atomic E-state index is 13.4. The van der Waals surface area contributed by atoms with Crippen molar-refractivity contribution in [3.8, 4) is 0 Å². The van der Waals surface area contributed by atoms with Gasteiger partial charge in [0.1, 0.15) is 6.10 Å². The van der Waals surface area contributed by atoms with Crippen molar-refractivity contribution in [1.29, 1.82) is 0 Å². The van der Waals surface area contributed by atoms with Crippen LogP contribution >= 0.6 is 0 Å². The van der Waals surface area contributed by atoms with E-state index in [1.165, 1.54) is 18.2 Å². The van der Waals surface area contributed by atoms with Gasteiger partial charge in [0.25, 0.3) is 5.69 Å². The van der Waals surface area contributed by atoms with Gasteiger partial charge in [-0.25, -0.2) is 9.59 Å². The first-order chi connectivity index (χ1) is 16.1. The number of nitro groups is 1. The molecule has 2 aliphatic rings. The zero-order chi connectivity index (χ0) is 25.0. The van der Waals surface area contributed by atoms with E-state index in [2.05, 4.69) is 31.3 Å². The SMILES string of the molecule is CCOC(=O)C1=C(C)NN=C(C(=O)OC2CCCC(C)(C(C)C)C2)C1c1cccc([N+](=O)[O-])c1. The van der Waals surface area contributed by atoms with Crippen molar-refractivity contribution in [1.82, 2.24) is 5.43 Å². The Hall–Kier alpha value is -3.23. The third-order valence-electron chi connectivity index (χ3n) is 7.06. The molecule has 9 nitrogen and oxygen atoms in total. The lowest BCUT2D eigenvalue weighted by Crippen LogP contribution is -2.40. The first-order valence-electron chi connectivity index (χ1n) is 11.7. The summed E-state index contributed by atoms with van der Waals surface area (Å²) in [4.78, 5) is 37.1. The van der Waals surface area contributed by atoms with Gasteiger partial charge in [0, 0.05) is 17.8 Å². The van der Waals surface area contributed by atoms with Crippen molar-refractivity contribution in [2.75, 3.05) is 6.61 Å². The average Bonchev–Trinajstić information content (AvgIpc) is 2.78. The number of hydrazone groups is 1. The van der Waals surface area contributed by atoms with Crippen molar-refractivity contribution in [3.63, 3.8) is 0 Å². The number of esters is 2. The van der Waals surface area contributed by atoms with Gasteiger partial charge in [-0.3, -0.25) is 15.5 Å². The minimum absolute atomic E-state index is 0.0222. The maximum Gasteiger partial charge on any atom is 0.355 e. The predicted molar refractivity (Wildman–Crippen MR) is 127 cm³/mol. The molecule has 0 aromatic heterocycles. The summed E-state index contributed by atoms with van der Waals surface area (Å²) in [7, 11) is 0. The predicted octanol–water partition coefficient (Wildman–Crippen LogP) is 4.62. The second kappa shape index (κ2) is 10.4. The normalized spacial score (nSPS) is 24.8. The van der Waals surface area contributed by atoms with Crippen LogP contribution < -0.4 is 5.43 Å². The number of nitrogens with zero attached hydrogens (tertiary/aromatic N) is 2. The van der Waals surface area contributed by atoms with Gasteiger partial charge in [0.05, 0.1) is 23.0 Å². The number of benzene rings is 1. The summed E-state index contributed by atoms with van der Waals surface area (Å²) in [6, 6.07) is 5.86. The molecule has 0 bridgehead atoms. The number of allylic oxidation sites excluding steroid dienone is 1. The van der Waals surface area contributed by atoms with Gasteiger partial charge >= 0.3 is 11.9 Å². The highest BCUT2D eigenvalue weighted by atomic mass is 16.6. The highest BCUT2D eigenvalue weighted by Crippen LogP contribution is 2.43. The van der Waals surface area contributed by atoms with Crippen molar-refractivity contribution in [2.24, 2.45) is 16.4 Å². The molecule has 0 radical (unpaired) electrons. The first kappa shape index (κ1) is 25.4. The third-order valence-corrected chi connectivity index (χ3v) is 7.06. The van der Waals surface area contributed by atoms with E-state index < -0.39 is 22.8 Å². The molecule has 34 heavy (non-hydrogen) atoms. The molecular formula is C25H33N3O6. The third kappa shape index (κ3) is 5.29. The largest absolute Gasteiger partial charge is 0.463 e. The number of carbonyl (C=O) groups excluding carboxylic acids is 2. The molecule has 1 aliphatic carbocycles. The lowest BCUT2D eigenvalue weighted by Gasteiger charge is -2.41. The van der Waals surface area contributed by atoms with Gasteiger partial charge in [-0.2, -0.15) is 5.10 Å². The number of ether oxygens (including phenoxy) is 2. The Balaban J connectivity index is 1.96. The highest BCUT2D eigenvalue weighted by Gasteiger charge is 2.41. The van der Waals surface area contributed by atoms with Crippen LogP contribution in [0.15, 0.2) is 40.6 Å². The zero-order valence-electron chi connectivity index (χ0n) is 20.4. The number of hydrogen-bond acceptors (Lipinski definition) is 8. The molecule has 184 valence electrons. The van der Waals surface area contributed by atoms with Gasteiger partial charge < -0.3 is 9.47 Å². The van der Waals surface area contributed by atoms with E-state index in [1.807, 2.05) is 0 Å². The lowest BCUT2D eigenvalue weighted by atomic mass is 9.67. The van der Waals surface area contributed by atoms with Crippen molar-refractivity contribution < 1.29 is 24.0 Å². The van der Waals surface area contributed by atoms with Crippen LogP contribution in [0, 0.1) is 21.4 Å². The monoisotopic (exact) mass is 471 g/mol. The Labute approximate surface area is 199 Å². The van der Waals surface area contributed by atoms with Crippen LogP contribution in [-0.2, 0) is 19.1 Å². The molecule has 0 amide bonds. The van der Waals surface area contributed by atoms with E-state index in [0.29, 0.717) is 17.2 Å². The summed E-state index contributed by atoms with van der Waals surface area (Å²) in [6.07, 6.45) is 3.28. The highest BCUT2D eigenvalue weighted by molar-refractivity contribution is 6.40. The number of hydrogen-bond donors (Lipinski definition) is 1. The van der Waals surface area contributed by atoms with Crippen LogP contribution in [0.5, 0.6) is 0 Å². The summed E-state index contributed by atoms with van der Waals surface area (Å²) < 4.78 is 11.1. The summed E-state index contributed by atoms with van der Waals surface area (Å²) in [5.74, 6) is -1.76. The molecule has 3 unspecified atom stereocenters. The van der Waals surface area contributed by atoms with Crippen LogP contribution in [0.25, 0.3) is 0 Å². The van der Waals surface area contributed by atoms with Gasteiger partial charge in [0.2, 0.25) is 0 Å². The molecule has 1 heterocycles. The summed E-state index contributed by atoms with van der Waals surface area (Å²) in [5, 5.41) is 15.6. The fraction of sp³-hybridized carbons (Fsp3) is 0.560. The maximum absolute atomic E-state index is 13.4. The fourth-order valence-corrected chi connectivity index (χ4v) is 4.70. The van der Waals surface area contributed by atoms with Crippen molar-refractivity contribution >= 4 is 23.3 Å². The van der Waals surface area contributed by atoms with Crippen LogP contribution in [0.2, 0.25) is 0 Å². The minimum atomic E-state index is -0.951. The molecule has 1 N–H and O–H groups in total. The second-order valence-corrected chi connectivity index (χ2v) is 9.59. The fourth-order valence-electron chi connectivity index (χ4n) is 4.70. The van der Waals surface area contributed by atoms with Crippen molar-refractivity contribution in [2.45, 2.75) is 72.3 Å². The van der Waals surface area contributed by atoms with E-state index in [0.717, 1.165) is 25.7 Å². The zero-order valence-corrected chi connectivity index (χ0v) is 20.4. The molecule has 9 heteroatoms. The summed E-state index contributed by atoms with van der Waals surface area (Å²) >= 11 is 0. The molecule has 1 fully saturated rings. The van der Waals surface area contributed by atoms with Gasteiger partial charge in [-0.05, 0) is 56.4 Å². The molecule has 1 aromatic rings. The minimum Gasteiger partial charge on any atom is -0.463 e. The van der Waals surface area contributed by atoms with Gasteiger partial charge in [-0.15, -0.1) is 0 Å². The van der Waals surface area contributed by atoms with Crippen LogP contribution in [-0.4, -0.2) is 35.3 Å². The Kier molecular flexibility index (Phi) is 7.74. The Morgan fingerprint density at radius 2 is 2.06 bits per heavy atom. The summed E-state index contributed by atoms with van der Waals surface area (Å²) in [5.41, 5.74) is 3.63. The number of non-ortho nitro benzene ring substituents is 1. The van der Waals surface area contributed by atoms with Gasteiger partial charge in [-0.1, -0.05) is 32.9 Å². The number of nitro benzene ring substituents is 1. The molecule has 1 aliphatic heterocycles. The standard InChI is InChI=1S/C25H33N3O6/c1-6-33-23(29)20-16(4)26-27-22(21(20)17-9-7-10-18(13-17)28(31)32)24(30)34-19-11-8-12-25(5,14-19)15(2)3/h7,9-10,13,15,19,21,26H,6,8,11-12,14H2,1-5H3. The molecule has 1 aromatic carbocycles. The van der Waals surface area contributed by atoms with E-state index in [4.69, 9.17) is 9.47 Å². The van der Waals surface area contributed by atoms with Gasteiger partial charge in [0.15, 0.2) is 5.71 Å². The van der Waals surface area contributed by atoms with Crippen LogP contribution in [0.4, 0.5) is 5.69 Å². The smallest absolute Gasteiger partial charge is 0.355 e. The molecule has 3 rings (SSSR count). The second-order valence-electron chi connectivity index (χ2n) is 9.59. The van der Waals surface area contributed by atoms with Crippen LogP contribution in [0.1, 0.15) is 71.8 Å². The van der Waals surface area contributed by atoms with E-state index in [1.54, 1.807) is 19.9 Å². The number of nitrogens with one attached hydrogen (secondary N) is 1.